The molecule has 2 aromatic heterocycles. The van der Waals surface area contributed by atoms with E-state index >= 15 is 0 Å². The van der Waals surface area contributed by atoms with Crippen molar-refractivity contribution < 1.29 is 9.90 Å². The summed E-state index contributed by atoms with van der Waals surface area (Å²) in [6, 6.07) is 7.74. The molecule has 0 saturated carbocycles. The van der Waals surface area contributed by atoms with Crippen molar-refractivity contribution >= 4 is 5.91 Å². The number of aromatic amines is 1. The maximum atomic E-state index is 12.8. The highest BCUT2D eigenvalue weighted by molar-refractivity contribution is 5.95. The number of carbonyl (C=O) groups excluding carboxylic acids is 1. The van der Waals surface area contributed by atoms with Gasteiger partial charge in [-0.25, -0.2) is 9.97 Å². The second kappa shape index (κ2) is 6.99. The van der Waals surface area contributed by atoms with Crippen LogP contribution in [0.1, 0.15) is 40.5 Å². The Kier molecular flexibility index (Phi) is 4.37. The van der Waals surface area contributed by atoms with Crippen LogP contribution in [0.5, 0.6) is 5.75 Å². The van der Waals surface area contributed by atoms with E-state index in [-0.39, 0.29) is 17.6 Å². The van der Waals surface area contributed by atoms with Crippen molar-refractivity contribution in [2.75, 3.05) is 0 Å². The Hall–Kier alpha value is -3.55. The number of fused-ring (bicyclic) bond motifs is 1. The van der Waals surface area contributed by atoms with E-state index < -0.39 is 17.2 Å². The van der Waals surface area contributed by atoms with Crippen molar-refractivity contribution in [3.8, 4) is 17.3 Å². The third kappa shape index (κ3) is 3.29. The molecule has 1 aliphatic carbocycles. The summed E-state index contributed by atoms with van der Waals surface area (Å²) in [7, 11) is 0. The molecule has 27 heavy (non-hydrogen) atoms. The molecule has 1 aliphatic rings. The number of H-pyrrole nitrogens is 1. The smallest absolute Gasteiger partial charge is 0.294 e. The molecule has 3 N–H and O–H groups in total. The molecule has 4 rings (SSSR count). The van der Waals surface area contributed by atoms with Crippen LogP contribution >= 0.6 is 0 Å². The van der Waals surface area contributed by atoms with Gasteiger partial charge in [-0.05, 0) is 30.4 Å². The summed E-state index contributed by atoms with van der Waals surface area (Å²) in [5, 5.41) is 12.9. The Bertz CT molecular complexity index is 1050. The van der Waals surface area contributed by atoms with E-state index in [0.29, 0.717) is 5.69 Å². The minimum Gasteiger partial charge on any atom is -0.501 e. The van der Waals surface area contributed by atoms with Crippen molar-refractivity contribution in [1.82, 2.24) is 25.3 Å². The molecule has 8 nitrogen and oxygen atoms in total. The predicted molar refractivity (Wildman–Crippen MR) is 97.1 cm³/mol. The number of amides is 1. The van der Waals surface area contributed by atoms with Gasteiger partial charge in [-0.1, -0.05) is 24.3 Å². The second-order valence-corrected chi connectivity index (χ2v) is 6.32. The first kappa shape index (κ1) is 16.9. The minimum absolute atomic E-state index is 0.0695. The highest BCUT2D eigenvalue weighted by atomic mass is 16.3. The normalized spacial score (nSPS) is 15.8. The Balaban J connectivity index is 1.67. The molecule has 0 fully saturated rings. The molecular weight excluding hydrogens is 346 g/mol. The SMILES string of the molecule is O=C(NC1CCCc2ccccc21)c1nc(-c2cnccn2)[nH]c(=O)c1O. The summed E-state index contributed by atoms with van der Waals surface area (Å²) < 4.78 is 0. The van der Waals surface area contributed by atoms with Gasteiger partial charge in [0.2, 0.25) is 5.75 Å². The second-order valence-electron chi connectivity index (χ2n) is 6.32. The number of carbonyl (C=O) groups is 1. The van der Waals surface area contributed by atoms with Gasteiger partial charge < -0.3 is 15.4 Å². The van der Waals surface area contributed by atoms with Gasteiger partial charge in [0, 0.05) is 12.4 Å². The molecule has 1 atom stereocenters. The largest absolute Gasteiger partial charge is 0.501 e. The van der Waals surface area contributed by atoms with Crippen LogP contribution in [0.4, 0.5) is 0 Å². The fraction of sp³-hybridized carbons (Fsp3) is 0.211. The maximum Gasteiger partial charge on any atom is 0.294 e. The fourth-order valence-electron chi connectivity index (χ4n) is 3.30. The van der Waals surface area contributed by atoms with Crippen LogP contribution < -0.4 is 10.9 Å². The van der Waals surface area contributed by atoms with Crippen LogP contribution in [0.3, 0.4) is 0 Å². The zero-order chi connectivity index (χ0) is 18.8. The lowest BCUT2D eigenvalue weighted by atomic mass is 9.87. The standard InChI is InChI=1S/C19H17N5O3/c25-16-15(23-17(24-19(16)27)14-10-20-8-9-21-14)18(26)22-13-7-3-5-11-4-1-2-6-12(11)13/h1-2,4,6,8-10,13,25H,3,5,7H2,(H,22,26)(H,23,24,27). The molecule has 1 unspecified atom stereocenters. The summed E-state index contributed by atoms with van der Waals surface area (Å²) in [6.45, 7) is 0. The van der Waals surface area contributed by atoms with Crippen molar-refractivity contribution in [3.05, 3.63) is 70.0 Å². The fourth-order valence-corrected chi connectivity index (χ4v) is 3.30. The summed E-state index contributed by atoms with van der Waals surface area (Å²) in [4.78, 5) is 39.3. The van der Waals surface area contributed by atoms with Gasteiger partial charge in [0.1, 0.15) is 5.69 Å². The number of hydrogen-bond donors (Lipinski definition) is 3. The average molecular weight is 363 g/mol. The first-order valence-electron chi connectivity index (χ1n) is 8.62. The van der Waals surface area contributed by atoms with E-state index in [0.717, 1.165) is 24.8 Å². The van der Waals surface area contributed by atoms with Crippen molar-refractivity contribution in [2.24, 2.45) is 0 Å². The molecule has 0 aliphatic heterocycles. The maximum absolute atomic E-state index is 12.8. The van der Waals surface area contributed by atoms with Gasteiger partial charge in [0.15, 0.2) is 11.5 Å². The average Bonchev–Trinajstić information content (AvgIpc) is 2.71. The molecular formula is C19H17N5O3. The third-order valence-corrected chi connectivity index (χ3v) is 4.59. The number of nitrogens with zero attached hydrogens (tertiary/aromatic N) is 3. The summed E-state index contributed by atoms with van der Waals surface area (Å²) in [5.41, 5.74) is 1.40. The van der Waals surface area contributed by atoms with Crippen molar-refractivity contribution in [3.63, 3.8) is 0 Å². The lowest BCUT2D eigenvalue weighted by molar-refractivity contribution is 0.0924. The zero-order valence-electron chi connectivity index (χ0n) is 14.3. The van der Waals surface area contributed by atoms with E-state index in [1.165, 1.54) is 24.2 Å². The van der Waals surface area contributed by atoms with E-state index in [1.54, 1.807) is 0 Å². The van der Waals surface area contributed by atoms with Gasteiger partial charge >= 0.3 is 0 Å². The van der Waals surface area contributed by atoms with Gasteiger partial charge in [-0.2, -0.15) is 0 Å². The van der Waals surface area contributed by atoms with Crippen LogP contribution in [0, 0.1) is 0 Å². The summed E-state index contributed by atoms with van der Waals surface area (Å²) in [6.07, 6.45) is 7.03. The van der Waals surface area contributed by atoms with E-state index in [9.17, 15) is 14.7 Å². The molecule has 3 aromatic rings. The van der Waals surface area contributed by atoms with Crippen LogP contribution in [0.25, 0.3) is 11.5 Å². The first-order valence-corrected chi connectivity index (χ1v) is 8.62. The molecule has 8 heteroatoms. The Labute approximate surface area is 154 Å². The molecule has 1 aromatic carbocycles. The van der Waals surface area contributed by atoms with Gasteiger partial charge in [0.25, 0.3) is 11.5 Å². The van der Waals surface area contributed by atoms with E-state index in [2.05, 4.69) is 25.3 Å². The highest BCUT2D eigenvalue weighted by Crippen LogP contribution is 2.29. The number of aromatic hydroxyl groups is 1. The summed E-state index contributed by atoms with van der Waals surface area (Å²) >= 11 is 0. The molecule has 136 valence electrons. The Morgan fingerprint density at radius 2 is 2.11 bits per heavy atom. The predicted octanol–water partition coefficient (Wildman–Crippen LogP) is 1.74. The number of benzene rings is 1. The Morgan fingerprint density at radius 3 is 2.93 bits per heavy atom. The first-order chi connectivity index (χ1) is 13.1. The molecule has 0 spiro atoms. The van der Waals surface area contributed by atoms with Gasteiger partial charge in [-0.3, -0.25) is 14.6 Å². The zero-order valence-corrected chi connectivity index (χ0v) is 14.3. The van der Waals surface area contributed by atoms with Crippen molar-refractivity contribution in [1.29, 1.82) is 0 Å². The van der Waals surface area contributed by atoms with Crippen LogP contribution in [-0.2, 0) is 6.42 Å². The van der Waals surface area contributed by atoms with E-state index in [1.807, 2.05) is 24.3 Å². The molecule has 2 heterocycles. The summed E-state index contributed by atoms with van der Waals surface area (Å²) in [5.74, 6) is -1.25. The van der Waals surface area contributed by atoms with Gasteiger partial charge in [-0.15, -0.1) is 0 Å². The van der Waals surface area contributed by atoms with Gasteiger partial charge in [0.05, 0.1) is 12.2 Å². The lowest BCUT2D eigenvalue weighted by Gasteiger charge is -2.26. The van der Waals surface area contributed by atoms with Crippen LogP contribution in [-0.4, -0.2) is 30.9 Å². The molecule has 1 amide bonds. The van der Waals surface area contributed by atoms with Crippen molar-refractivity contribution in [2.45, 2.75) is 25.3 Å². The number of aryl methyl sites for hydroxylation is 1. The van der Waals surface area contributed by atoms with E-state index in [4.69, 9.17) is 0 Å². The number of rotatable bonds is 3. The third-order valence-electron chi connectivity index (χ3n) is 4.59. The monoisotopic (exact) mass is 363 g/mol. The molecule has 0 bridgehead atoms. The number of nitrogens with one attached hydrogen (secondary N) is 2. The highest BCUT2D eigenvalue weighted by Gasteiger charge is 2.25. The minimum atomic E-state index is -0.806. The lowest BCUT2D eigenvalue weighted by Crippen LogP contribution is -2.32. The quantitative estimate of drug-likeness (QED) is 0.652. The topological polar surface area (TPSA) is 121 Å². The van der Waals surface area contributed by atoms with Crippen LogP contribution in [0.15, 0.2) is 47.7 Å². The number of hydrogen-bond acceptors (Lipinski definition) is 6. The van der Waals surface area contributed by atoms with Crippen LogP contribution in [0.2, 0.25) is 0 Å². The Morgan fingerprint density at radius 1 is 1.26 bits per heavy atom. The molecule has 0 saturated heterocycles. The number of aromatic nitrogens is 4. The molecule has 0 radical (unpaired) electrons.